The van der Waals surface area contributed by atoms with Crippen molar-refractivity contribution >= 4 is 23.4 Å². The van der Waals surface area contributed by atoms with E-state index >= 15 is 0 Å². The van der Waals surface area contributed by atoms with Crippen LogP contribution in [0.15, 0.2) is 28.0 Å². The minimum atomic E-state index is -0.195. The first-order chi connectivity index (χ1) is 14.4. The largest absolute Gasteiger partial charge is 0.348 e. The third-order valence-electron chi connectivity index (χ3n) is 5.87. The van der Waals surface area contributed by atoms with Crippen molar-refractivity contribution in [2.75, 3.05) is 30.7 Å². The molecule has 30 heavy (non-hydrogen) atoms. The van der Waals surface area contributed by atoms with E-state index in [9.17, 15) is 9.59 Å². The fraction of sp³-hybridized carbons (Fsp3) is 0.522. The molecule has 0 unspecified atom stereocenters. The Bertz CT molecular complexity index is 966. The van der Waals surface area contributed by atoms with Crippen LogP contribution in [-0.4, -0.2) is 45.7 Å². The quantitative estimate of drug-likeness (QED) is 0.490. The zero-order chi connectivity index (χ0) is 21.7. The molecule has 1 heterocycles. The molecule has 1 aromatic heterocycles. The summed E-state index contributed by atoms with van der Waals surface area (Å²) in [6.07, 6.45) is 2.87. The molecular formula is C23H32N4O2S. The van der Waals surface area contributed by atoms with Crippen molar-refractivity contribution in [3.05, 3.63) is 51.1 Å². The van der Waals surface area contributed by atoms with Crippen molar-refractivity contribution in [1.29, 1.82) is 0 Å². The second-order valence-electron chi connectivity index (χ2n) is 7.79. The Labute approximate surface area is 183 Å². The third-order valence-corrected chi connectivity index (χ3v) is 6.88. The smallest absolute Gasteiger partial charge is 0.325 e. The van der Waals surface area contributed by atoms with Gasteiger partial charge in [0.05, 0.1) is 5.75 Å². The lowest BCUT2D eigenvalue weighted by Crippen LogP contribution is -2.34. The highest BCUT2D eigenvalue weighted by atomic mass is 32.2. The van der Waals surface area contributed by atoms with E-state index in [0.717, 1.165) is 66.4 Å². The van der Waals surface area contributed by atoms with E-state index < -0.39 is 0 Å². The molecule has 0 fully saturated rings. The molecule has 2 aromatic rings. The fourth-order valence-electron chi connectivity index (χ4n) is 3.87. The van der Waals surface area contributed by atoms with Gasteiger partial charge in [-0.3, -0.25) is 9.36 Å². The van der Waals surface area contributed by atoms with Gasteiger partial charge in [-0.05, 0) is 69.5 Å². The molecule has 0 atom stereocenters. The molecule has 1 amide bonds. The number of fused-ring (bicyclic) bond motifs is 1. The Hall–Kier alpha value is -2.12. The van der Waals surface area contributed by atoms with Gasteiger partial charge in [0.2, 0.25) is 5.91 Å². The Morgan fingerprint density at radius 2 is 1.97 bits per heavy atom. The molecule has 0 bridgehead atoms. The minimum absolute atomic E-state index is 0.0810. The number of aryl methyl sites for hydroxylation is 2. The lowest BCUT2D eigenvalue weighted by molar-refractivity contribution is -0.113. The number of hydrogen-bond donors (Lipinski definition) is 1. The minimum Gasteiger partial charge on any atom is -0.325 e. The number of hydrogen-bond acceptors (Lipinski definition) is 5. The predicted octanol–water partition coefficient (Wildman–Crippen LogP) is 3.42. The molecule has 162 valence electrons. The van der Waals surface area contributed by atoms with Crippen LogP contribution in [0.5, 0.6) is 0 Å². The first-order valence-corrected chi connectivity index (χ1v) is 11.8. The molecule has 0 radical (unpaired) electrons. The van der Waals surface area contributed by atoms with Gasteiger partial charge in [0.25, 0.3) is 0 Å². The van der Waals surface area contributed by atoms with E-state index in [1.807, 2.05) is 36.6 Å². The van der Waals surface area contributed by atoms with Crippen molar-refractivity contribution in [1.82, 2.24) is 14.5 Å². The maximum Gasteiger partial charge on any atom is 0.348 e. The van der Waals surface area contributed by atoms with Crippen LogP contribution in [0.3, 0.4) is 0 Å². The third kappa shape index (κ3) is 5.32. The van der Waals surface area contributed by atoms with Gasteiger partial charge < -0.3 is 10.2 Å². The molecule has 3 rings (SSSR count). The van der Waals surface area contributed by atoms with Crippen LogP contribution >= 0.6 is 11.8 Å². The Balaban J connectivity index is 1.68. The molecule has 1 aromatic carbocycles. The summed E-state index contributed by atoms with van der Waals surface area (Å²) in [6.45, 7) is 11.8. The number of carbonyl (C=O) groups is 1. The number of benzene rings is 1. The molecule has 1 N–H and O–H groups in total. The number of thioether (sulfide) groups is 1. The summed E-state index contributed by atoms with van der Waals surface area (Å²) in [5.74, 6) is 0.164. The van der Waals surface area contributed by atoms with Crippen LogP contribution in [-0.2, 0) is 24.2 Å². The average molecular weight is 429 g/mol. The highest BCUT2D eigenvalue weighted by molar-refractivity contribution is 8.00. The molecule has 0 saturated heterocycles. The van der Waals surface area contributed by atoms with Crippen LogP contribution in [0.25, 0.3) is 0 Å². The van der Waals surface area contributed by atoms with Crippen LogP contribution in [0.1, 0.15) is 42.7 Å². The van der Waals surface area contributed by atoms with Gasteiger partial charge in [0.15, 0.2) is 0 Å². The van der Waals surface area contributed by atoms with Gasteiger partial charge in [0.1, 0.15) is 5.03 Å². The molecule has 1 aliphatic rings. The first-order valence-electron chi connectivity index (χ1n) is 10.8. The lowest BCUT2D eigenvalue weighted by Gasteiger charge is -2.20. The number of anilines is 1. The maximum absolute atomic E-state index is 12.7. The number of nitrogens with one attached hydrogen (secondary N) is 1. The monoisotopic (exact) mass is 428 g/mol. The summed E-state index contributed by atoms with van der Waals surface area (Å²) in [5.41, 5.74) is 5.21. The number of aromatic nitrogens is 2. The second-order valence-corrected chi connectivity index (χ2v) is 8.76. The Kier molecular flexibility index (Phi) is 7.72. The summed E-state index contributed by atoms with van der Waals surface area (Å²) in [5, 5.41) is 3.67. The van der Waals surface area contributed by atoms with Gasteiger partial charge >= 0.3 is 5.69 Å². The topological polar surface area (TPSA) is 67.2 Å². The molecule has 7 heteroatoms. The van der Waals surface area contributed by atoms with E-state index in [1.54, 1.807) is 0 Å². The highest BCUT2D eigenvalue weighted by Gasteiger charge is 2.22. The van der Waals surface area contributed by atoms with E-state index in [0.29, 0.717) is 6.54 Å². The standard InChI is InChI=1S/C23H32N4O2S/c1-5-26(6-2)12-13-27-20-9-7-8-19(20)22(25-23(27)29)30-15-21(28)24-18-11-10-16(3)17(4)14-18/h10-11,14H,5-9,12-13,15H2,1-4H3,(H,24,28). The van der Waals surface area contributed by atoms with E-state index in [2.05, 4.69) is 29.0 Å². The lowest BCUT2D eigenvalue weighted by atomic mass is 10.1. The van der Waals surface area contributed by atoms with Gasteiger partial charge in [0, 0.05) is 30.0 Å². The second kappa shape index (κ2) is 10.3. The SMILES string of the molecule is CCN(CC)CCn1c2c(c(SCC(=O)Nc3ccc(C)c(C)c3)nc1=O)CCC2. The number of carbonyl (C=O) groups excluding carboxylic acids is 1. The van der Waals surface area contributed by atoms with E-state index in [-0.39, 0.29) is 17.3 Å². The average Bonchev–Trinajstić information content (AvgIpc) is 3.21. The summed E-state index contributed by atoms with van der Waals surface area (Å²) in [4.78, 5) is 31.8. The summed E-state index contributed by atoms with van der Waals surface area (Å²) in [7, 11) is 0. The van der Waals surface area contributed by atoms with Crippen LogP contribution < -0.4 is 11.0 Å². The van der Waals surface area contributed by atoms with Crippen molar-refractivity contribution < 1.29 is 4.79 Å². The first kappa shape index (κ1) is 22.6. The molecule has 1 aliphatic carbocycles. The van der Waals surface area contributed by atoms with Crippen molar-refractivity contribution in [3.63, 3.8) is 0 Å². The number of rotatable bonds is 9. The molecule has 6 nitrogen and oxygen atoms in total. The van der Waals surface area contributed by atoms with E-state index in [4.69, 9.17) is 0 Å². The number of amides is 1. The summed E-state index contributed by atoms with van der Waals surface area (Å²) < 4.78 is 1.85. The molecule has 0 spiro atoms. The Morgan fingerprint density at radius 3 is 2.67 bits per heavy atom. The van der Waals surface area contributed by atoms with Gasteiger partial charge in [-0.15, -0.1) is 0 Å². The van der Waals surface area contributed by atoms with Crippen LogP contribution in [0, 0.1) is 13.8 Å². The van der Waals surface area contributed by atoms with Crippen molar-refractivity contribution in [3.8, 4) is 0 Å². The van der Waals surface area contributed by atoms with Gasteiger partial charge in [-0.25, -0.2) is 4.79 Å². The van der Waals surface area contributed by atoms with Crippen LogP contribution in [0.2, 0.25) is 0 Å². The van der Waals surface area contributed by atoms with E-state index in [1.165, 1.54) is 17.3 Å². The number of nitrogens with zero attached hydrogens (tertiary/aromatic N) is 3. The highest BCUT2D eigenvalue weighted by Crippen LogP contribution is 2.29. The normalized spacial score (nSPS) is 13.0. The number of likely N-dealkylation sites (N-methyl/N-ethyl adjacent to an activating group) is 1. The Morgan fingerprint density at radius 1 is 1.20 bits per heavy atom. The summed E-state index contributed by atoms with van der Waals surface area (Å²) in [6, 6.07) is 5.90. The molecule has 0 saturated carbocycles. The van der Waals surface area contributed by atoms with Gasteiger partial charge in [-0.2, -0.15) is 4.98 Å². The fourth-order valence-corrected chi connectivity index (χ4v) is 4.74. The zero-order valence-corrected chi connectivity index (χ0v) is 19.3. The van der Waals surface area contributed by atoms with Crippen molar-refractivity contribution in [2.45, 2.75) is 58.5 Å². The predicted molar refractivity (Wildman–Crippen MR) is 124 cm³/mol. The van der Waals surface area contributed by atoms with Gasteiger partial charge in [-0.1, -0.05) is 31.7 Å². The maximum atomic E-state index is 12.7. The van der Waals surface area contributed by atoms with Crippen molar-refractivity contribution in [2.24, 2.45) is 0 Å². The zero-order valence-electron chi connectivity index (χ0n) is 18.5. The molecule has 0 aliphatic heterocycles. The summed E-state index contributed by atoms with van der Waals surface area (Å²) >= 11 is 1.37. The molecular weight excluding hydrogens is 396 g/mol. The van der Waals surface area contributed by atoms with Crippen LogP contribution in [0.4, 0.5) is 5.69 Å².